The molecule has 0 fully saturated rings. The van der Waals surface area contributed by atoms with Crippen LogP contribution in [0.4, 0.5) is 8.78 Å². The lowest BCUT2D eigenvalue weighted by atomic mass is 9.92. The molecule has 14 heavy (non-hydrogen) atoms. The molecule has 1 rings (SSSR count). The van der Waals surface area contributed by atoms with Crippen LogP contribution in [0.1, 0.15) is 44.6 Å². The highest BCUT2D eigenvalue weighted by Crippen LogP contribution is 2.25. The van der Waals surface area contributed by atoms with E-state index in [0.29, 0.717) is 0 Å². The van der Waals surface area contributed by atoms with Gasteiger partial charge in [0.05, 0.1) is 0 Å². The van der Waals surface area contributed by atoms with Crippen molar-refractivity contribution in [1.29, 1.82) is 0 Å². The number of hydrogen-bond donors (Lipinski definition) is 0. The third-order valence-corrected chi connectivity index (χ3v) is 2.49. The smallest absolute Gasteiger partial charge is 0.126 e. The van der Waals surface area contributed by atoms with Crippen LogP contribution in [0.2, 0.25) is 0 Å². The Balaban J connectivity index is 2.91. The average Bonchev–Trinajstić information content (AvgIpc) is 2.12. The van der Waals surface area contributed by atoms with Gasteiger partial charge in [0.2, 0.25) is 0 Å². The normalized spacial score (nSPS) is 12.9. The van der Waals surface area contributed by atoms with Crippen LogP contribution < -0.4 is 0 Å². The standard InChI is InChI=1S/C12H16F2/c1-3-5-9(4-2)10-6-11(13)8-12(14)7-10/h6-9H,3-5H2,1-2H3/t9-/m1/s1. The van der Waals surface area contributed by atoms with E-state index in [2.05, 4.69) is 6.92 Å². The first-order valence-corrected chi connectivity index (χ1v) is 5.13. The number of hydrogen-bond acceptors (Lipinski definition) is 0. The highest BCUT2D eigenvalue weighted by Gasteiger charge is 2.10. The summed E-state index contributed by atoms with van der Waals surface area (Å²) >= 11 is 0. The quantitative estimate of drug-likeness (QED) is 0.678. The minimum Gasteiger partial charge on any atom is -0.207 e. The molecule has 0 amide bonds. The molecule has 1 aromatic rings. The summed E-state index contributed by atoms with van der Waals surface area (Å²) in [6.45, 7) is 4.13. The fraction of sp³-hybridized carbons (Fsp3) is 0.500. The molecule has 0 aliphatic carbocycles. The molecule has 2 heteroatoms. The molecule has 0 saturated carbocycles. The van der Waals surface area contributed by atoms with E-state index in [0.717, 1.165) is 30.9 Å². The van der Waals surface area contributed by atoms with Gasteiger partial charge in [0, 0.05) is 6.07 Å². The fourth-order valence-corrected chi connectivity index (χ4v) is 1.77. The van der Waals surface area contributed by atoms with Crippen LogP contribution in [0, 0.1) is 11.6 Å². The molecular formula is C12H16F2. The molecule has 0 saturated heterocycles. The van der Waals surface area contributed by atoms with E-state index in [1.165, 1.54) is 12.1 Å². The highest BCUT2D eigenvalue weighted by molar-refractivity contribution is 5.21. The van der Waals surface area contributed by atoms with Gasteiger partial charge in [-0.2, -0.15) is 0 Å². The van der Waals surface area contributed by atoms with Gasteiger partial charge in [-0.1, -0.05) is 20.3 Å². The van der Waals surface area contributed by atoms with Gasteiger partial charge in [-0.15, -0.1) is 0 Å². The second-order valence-electron chi connectivity index (χ2n) is 3.60. The lowest BCUT2D eigenvalue weighted by Gasteiger charge is -2.14. The first kappa shape index (κ1) is 11.2. The Labute approximate surface area is 84.0 Å². The van der Waals surface area contributed by atoms with Crippen LogP contribution in [0.25, 0.3) is 0 Å². The van der Waals surface area contributed by atoms with E-state index in [1.54, 1.807) is 0 Å². The molecular weight excluding hydrogens is 182 g/mol. The van der Waals surface area contributed by atoms with Crippen molar-refractivity contribution < 1.29 is 8.78 Å². The summed E-state index contributed by atoms with van der Waals surface area (Å²) in [6, 6.07) is 3.79. The first-order chi connectivity index (χ1) is 6.67. The van der Waals surface area contributed by atoms with Gasteiger partial charge in [-0.05, 0) is 36.5 Å². The molecule has 0 nitrogen and oxygen atoms in total. The van der Waals surface area contributed by atoms with Crippen molar-refractivity contribution in [2.24, 2.45) is 0 Å². The molecule has 1 aromatic carbocycles. The summed E-state index contributed by atoms with van der Waals surface area (Å²) in [4.78, 5) is 0. The fourth-order valence-electron chi connectivity index (χ4n) is 1.77. The van der Waals surface area contributed by atoms with Crippen LogP contribution in [0.15, 0.2) is 18.2 Å². The van der Waals surface area contributed by atoms with Crippen LogP contribution >= 0.6 is 0 Å². The maximum absolute atomic E-state index is 12.9. The molecule has 78 valence electrons. The molecule has 0 aliphatic heterocycles. The predicted octanol–water partition coefficient (Wildman–Crippen LogP) is 4.26. The SMILES string of the molecule is CCC[C@@H](CC)c1cc(F)cc(F)c1. The number of halogens is 2. The largest absolute Gasteiger partial charge is 0.207 e. The average molecular weight is 198 g/mol. The Morgan fingerprint density at radius 1 is 1.07 bits per heavy atom. The molecule has 0 spiro atoms. The van der Waals surface area contributed by atoms with Crippen molar-refractivity contribution in [2.45, 2.75) is 39.0 Å². The molecule has 1 atom stereocenters. The zero-order valence-electron chi connectivity index (χ0n) is 8.69. The lowest BCUT2D eigenvalue weighted by Crippen LogP contribution is -1.98. The maximum Gasteiger partial charge on any atom is 0.126 e. The minimum absolute atomic E-state index is 0.283. The van der Waals surface area contributed by atoms with Crippen LogP contribution in [-0.2, 0) is 0 Å². The van der Waals surface area contributed by atoms with Crippen molar-refractivity contribution in [2.75, 3.05) is 0 Å². The third kappa shape index (κ3) is 2.79. The van der Waals surface area contributed by atoms with Crippen molar-refractivity contribution in [3.8, 4) is 0 Å². The van der Waals surface area contributed by atoms with E-state index in [9.17, 15) is 8.78 Å². The summed E-state index contributed by atoms with van der Waals surface area (Å²) in [5.41, 5.74) is 0.784. The summed E-state index contributed by atoms with van der Waals surface area (Å²) < 4.78 is 25.8. The van der Waals surface area contributed by atoms with Gasteiger partial charge >= 0.3 is 0 Å². The van der Waals surface area contributed by atoms with Crippen molar-refractivity contribution >= 4 is 0 Å². The van der Waals surface area contributed by atoms with Crippen LogP contribution in [-0.4, -0.2) is 0 Å². The van der Waals surface area contributed by atoms with E-state index in [-0.39, 0.29) is 5.92 Å². The Kier molecular flexibility index (Phi) is 4.05. The van der Waals surface area contributed by atoms with Gasteiger partial charge in [0.25, 0.3) is 0 Å². The monoisotopic (exact) mass is 198 g/mol. The Morgan fingerprint density at radius 3 is 2.07 bits per heavy atom. The lowest BCUT2D eigenvalue weighted by molar-refractivity contribution is 0.554. The molecule has 0 bridgehead atoms. The molecule has 0 unspecified atom stereocenters. The van der Waals surface area contributed by atoms with E-state index in [4.69, 9.17) is 0 Å². The summed E-state index contributed by atoms with van der Waals surface area (Å²) in [5, 5.41) is 0. The number of rotatable bonds is 4. The Bertz CT molecular complexity index is 274. The van der Waals surface area contributed by atoms with E-state index >= 15 is 0 Å². The zero-order valence-corrected chi connectivity index (χ0v) is 8.69. The topological polar surface area (TPSA) is 0 Å². The second-order valence-corrected chi connectivity index (χ2v) is 3.60. The van der Waals surface area contributed by atoms with Gasteiger partial charge in [0.15, 0.2) is 0 Å². The van der Waals surface area contributed by atoms with Crippen molar-refractivity contribution in [1.82, 2.24) is 0 Å². The van der Waals surface area contributed by atoms with Gasteiger partial charge in [-0.3, -0.25) is 0 Å². The Hall–Kier alpha value is -0.920. The second kappa shape index (κ2) is 5.08. The molecule has 0 heterocycles. The highest BCUT2D eigenvalue weighted by atomic mass is 19.1. The summed E-state index contributed by atoms with van der Waals surface area (Å²) in [5.74, 6) is -0.672. The van der Waals surface area contributed by atoms with Crippen LogP contribution in [0.3, 0.4) is 0 Å². The van der Waals surface area contributed by atoms with E-state index in [1.807, 2.05) is 6.92 Å². The van der Waals surface area contributed by atoms with Gasteiger partial charge in [0.1, 0.15) is 11.6 Å². The first-order valence-electron chi connectivity index (χ1n) is 5.13. The third-order valence-electron chi connectivity index (χ3n) is 2.49. The van der Waals surface area contributed by atoms with Gasteiger partial charge < -0.3 is 0 Å². The van der Waals surface area contributed by atoms with E-state index < -0.39 is 11.6 Å². The summed E-state index contributed by atoms with van der Waals surface area (Å²) in [7, 11) is 0. The minimum atomic E-state index is -0.477. The van der Waals surface area contributed by atoms with Crippen molar-refractivity contribution in [3.63, 3.8) is 0 Å². The summed E-state index contributed by atoms with van der Waals surface area (Å²) in [6.07, 6.45) is 2.95. The predicted molar refractivity (Wildman–Crippen MR) is 54.3 cm³/mol. The van der Waals surface area contributed by atoms with Crippen LogP contribution in [0.5, 0.6) is 0 Å². The van der Waals surface area contributed by atoms with Crippen molar-refractivity contribution in [3.05, 3.63) is 35.4 Å². The number of benzene rings is 1. The Morgan fingerprint density at radius 2 is 1.64 bits per heavy atom. The molecule has 0 aliphatic rings. The molecule has 0 aromatic heterocycles. The zero-order chi connectivity index (χ0) is 10.6. The van der Waals surface area contributed by atoms with Gasteiger partial charge in [-0.25, -0.2) is 8.78 Å². The maximum atomic E-state index is 12.9. The molecule has 0 N–H and O–H groups in total. The molecule has 0 radical (unpaired) electrons.